The lowest BCUT2D eigenvalue weighted by Gasteiger charge is -2.34. The lowest BCUT2D eigenvalue weighted by atomic mass is 9.90. The van der Waals surface area contributed by atoms with Crippen molar-refractivity contribution in [2.45, 2.75) is 57.2 Å². The lowest BCUT2D eigenvalue weighted by Crippen LogP contribution is -2.45. The van der Waals surface area contributed by atoms with Crippen molar-refractivity contribution in [3.05, 3.63) is 0 Å². The summed E-state index contributed by atoms with van der Waals surface area (Å²) in [4.78, 5) is 2.43. The van der Waals surface area contributed by atoms with E-state index in [0.717, 1.165) is 19.6 Å². The van der Waals surface area contributed by atoms with Gasteiger partial charge in [-0.05, 0) is 72.0 Å². The minimum absolute atomic E-state index is 0.299. The Bertz CT molecular complexity index is 408. The summed E-state index contributed by atoms with van der Waals surface area (Å²) in [5.41, 5.74) is 0. The van der Waals surface area contributed by atoms with E-state index in [1.807, 2.05) is 0 Å². The molecule has 0 aromatic carbocycles. The molecule has 0 bridgehead atoms. The number of hydrogen-bond acceptors (Lipinski definition) is 4. The summed E-state index contributed by atoms with van der Waals surface area (Å²) in [7, 11) is -3.00. The van der Waals surface area contributed by atoms with E-state index in [0.29, 0.717) is 24.3 Å². The number of piperidine rings is 1. The minimum atomic E-state index is -3.00. The number of hydrogen-bond donors (Lipinski definition) is 1. The van der Waals surface area contributed by atoms with E-state index in [2.05, 4.69) is 10.2 Å². The van der Waals surface area contributed by atoms with Gasteiger partial charge in [0.05, 0.1) is 10.5 Å². The zero-order valence-electron chi connectivity index (χ0n) is 13.2. The molecule has 0 saturated carbocycles. The molecule has 5 heteroatoms. The molecule has 0 aliphatic carbocycles. The number of nitrogens with one attached hydrogen (secondary N) is 1. The third-order valence-corrected chi connectivity index (χ3v) is 7.46. The molecule has 2 unspecified atom stereocenters. The molecular weight excluding hydrogens is 272 g/mol. The Hall–Kier alpha value is -0.130. The summed E-state index contributed by atoms with van der Waals surface area (Å²) >= 11 is 0. The number of sulfone groups is 1. The van der Waals surface area contributed by atoms with Crippen molar-refractivity contribution in [3.63, 3.8) is 0 Å². The maximum Gasteiger partial charge on any atom is 0.156 e. The van der Waals surface area contributed by atoms with Gasteiger partial charge in [0.2, 0.25) is 0 Å². The highest BCUT2D eigenvalue weighted by Crippen LogP contribution is 2.28. The van der Waals surface area contributed by atoms with E-state index in [-0.39, 0.29) is 0 Å². The Morgan fingerprint density at radius 3 is 2.55 bits per heavy atom. The molecule has 0 spiro atoms. The number of nitrogens with zero attached hydrogens (tertiary/aromatic N) is 1. The molecule has 2 saturated heterocycles. The Morgan fingerprint density at radius 1 is 1.20 bits per heavy atom. The molecule has 20 heavy (non-hydrogen) atoms. The molecule has 2 heterocycles. The predicted molar refractivity (Wildman–Crippen MR) is 83.7 cm³/mol. The standard InChI is InChI=1S/C15H30N2O2S/c1-15(2,3)20(18,19)11-10-17-9-5-7-14(17)13-6-4-8-16-12-13/h13-14,16H,4-12H2,1-3H3. The van der Waals surface area contributed by atoms with Crippen LogP contribution in [0, 0.1) is 5.92 Å². The van der Waals surface area contributed by atoms with Crippen LogP contribution in [0.15, 0.2) is 0 Å². The molecule has 4 nitrogen and oxygen atoms in total. The highest BCUT2D eigenvalue weighted by atomic mass is 32.2. The van der Waals surface area contributed by atoms with Crippen molar-refractivity contribution in [2.75, 3.05) is 31.9 Å². The van der Waals surface area contributed by atoms with Crippen LogP contribution >= 0.6 is 0 Å². The third kappa shape index (κ3) is 3.74. The minimum Gasteiger partial charge on any atom is -0.316 e. The van der Waals surface area contributed by atoms with Crippen LogP contribution in [-0.2, 0) is 9.84 Å². The Labute approximate surface area is 124 Å². The molecule has 2 aliphatic heterocycles. The van der Waals surface area contributed by atoms with E-state index in [4.69, 9.17) is 0 Å². The summed E-state index contributed by atoms with van der Waals surface area (Å²) in [6.45, 7) is 9.43. The first-order valence-corrected chi connectivity index (χ1v) is 9.63. The van der Waals surface area contributed by atoms with E-state index in [1.54, 1.807) is 20.8 Å². The molecule has 0 radical (unpaired) electrons. The molecule has 2 fully saturated rings. The van der Waals surface area contributed by atoms with Gasteiger partial charge in [-0.2, -0.15) is 0 Å². The maximum absolute atomic E-state index is 12.3. The normalized spacial score (nSPS) is 29.8. The monoisotopic (exact) mass is 302 g/mol. The van der Waals surface area contributed by atoms with Crippen molar-refractivity contribution in [1.29, 1.82) is 0 Å². The zero-order chi connectivity index (χ0) is 14.8. The van der Waals surface area contributed by atoms with E-state index >= 15 is 0 Å². The SMILES string of the molecule is CC(C)(C)S(=O)(=O)CCN1CCCC1C1CCCNC1. The van der Waals surface area contributed by atoms with Gasteiger partial charge in [0, 0.05) is 12.6 Å². The van der Waals surface area contributed by atoms with Crippen LogP contribution in [0.5, 0.6) is 0 Å². The van der Waals surface area contributed by atoms with Crippen LogP contribution in [0.25, 0.3) is 0 Å². The fraction of sp³-hybridized carbons (Fsp3) is 1.00. The molecule has 2 rings (SSSR count). The second kappa shape index (κ2) is 6.32. The van der Waals surface area contributed by atoms with Gasteiger partial charge in [0.1, 0.15) is 0 Å². The highest BCUT2D eigenvalue weighted by Gasteiger charge is 2.34. The van der Waals surface area contributed by atoms with Crippen molar-refractivity contribution >= 4 is 9.84 Å². The van der Waals surface area contributed by atoms with Crippen LogP contribution in [0.4, 0.5) is 0 Å². The molecule has 0 aromatic rings. The second-order valence-electron chi connectivity index (χ2n) is 7.28. The van der Waals surface area contributed by atoms with Gasteiger partial charge >= 0.3 is 0 Å². The van der Waals surface area contributed by atoms with Gasteiger partial charge < -0.3 is 5.32 Å². The van der Waals surface area contributed by atoms with E-state index < -0.39 is 14.6 Å². The van der Waals surface area contributed by atoms with Crippen molar-refractivity contribution in [1.82, 2.24) is 10.2 Å². The van der Waals surface area contributed by atoms with Gasteiger partial charge in [-0.3, -0.25) is 4.90 Å². The first-order valence-electron chi connectivity index (χ1n) is 7.98. The van der Waals surface area contributed by atoms with E-state index in [1.165, 1.54) is 25.7 Å². The Balaban J connectivity index is 1.91. The first kappa shape index (κ1) is 16.2. The molecular formula is C15H30N2O2S. The summed E-state index contributed by atoms with van der Waals surface area (Å²) in [5, 5.41) is 3.48. The first-order chi connectivity index (χ1) is 9.31. The van der Waals surface area contributed by atoms with Crippen molar-refractivity contribution in [3.8, 4) is 0 Å². The van der Waals surface area contributed by atoms with Gasteiger partial charge in [-0.1, -0.05) is 0 Å². The van der Waals surface area contributed by atoms with Crippen molar-refractivity contribution < 1.29 is 8.42 Å². The largest absolute Gasteiger partial charge is 0.316 e. The average Bonchev–Trinajstić information content (AvgIpc) is 2.84. The van der Waals surface area contributed by atoms with Gasteiger partial charge in [-0.25, -0.2) is 8.42 Å². The number of rotatable bonds is 4. The van der Waals surface area contributed by atoms with Crippen LogP contribution in [0.1, 0.15) is 46.5 Å². The summed E-state index contributed by atoms with van der Waals surface area (Å²) in [6.07, 6.45) is 5.01. The fourth-order valence-corrected chi connectivity index (χ4v) is 4.50. The summed E-state index contributed by atoms with van der Waals surface area (Å²) in [5.74, 6) is 1.01. The molecule has 2 atom stereocenters. The number of likely N-dealkylation sites (tertiary alicyclic amines) is 1. The highest BCUT2D eigenvalue weighted by molar-refractivity contribution is 7.92. The average molecular weight is 302 g/mol. The molecule has 0 amide bonds. The zero-order valence-corrected chi connectivity index (χ0v) is 14.0. The Kier molecular flexibility index (Phi) is 5.14. The lowest BCUT2D eigenvalue weighted by molar-refractivity contribution is 0.173. The predicted octanol–water partition coefficient (Wildman–Crippen LogP) is 1.66. The molecule has 1 N–H and O–H groups in total. The van der Waals surface area contributed by atoms with Gasteiger partial charge in [0.15, 0.2) is 9.84 Å². The van der Waals surface area contributed by atoms with Crippen LogP contribution in [-0.4, -0.2) is 56.0 Å². The van der Waals surface area contributed by atoms with E-state index in [9.17, 15) is 8.42 Å². The quantitative estimate of drug-likeness (QED) is 0.858. The van der Waals surface area contributed by atoms with Crippen LogP contribution in [0.3, 0.4) is 0 Å². The maximum atomic E-state index is 12.3. The van der Waals surface area contributed by atoms with Gasteiger partial charge in [-0.15, -0.1) is 0 Å². The molecule has 118 valence electrons. The smallest absolute Gasteiger partial charge is 0.156 e. The van der Waals surface area contributed by atoms with Crippen molar-refractivity contribution in [2.24, 2.45) is 5.92 Å². The summed E-state index contributed by atoms with van der Waals surface area (Å²) in [6, 6.07) is 0.595. The Morgan fingerprint density at radius 2 is 1.95 bits per heavy atom. The van der Waals surface area contributed by atoms with Gasteiger partial charge in [0.25, 0.3) is 0 Å². The summed E-state index contributed by atoms with van der Waals surface area (Å²) < 4.78 is 23.9. The molecule has 2 aliphatic rings. The fourth-order valence-electron chi connectivity index (χ4n) is 3.41. The van der Waals surface area contributed by atoms with Crippen LogP contribution in [0.2, 0.25) is 0 Å². The second-order valence-corrected chi connectivity index (χ2v) is 10.1. The molecule has 0 aromatic heterocycles. The van der Waals surface area contributed by atoms with Crippen LogP contribution < -0.4 is 5.32 Å². The third-order valence-electron chi connectivity index (χ3n) is 4.87. The topological polar surface area (TPSA) is 49.4 Å².